The van der Waals surface area contributed by atoms with Gasteiger partial charge in [0.15, 0.2) is 17.7 Å². The Bertz CT molecular complexity index is 2090. The second-order valence-corrected chi connectivity index (χ2v) is 28.6. The Balaban J connectivity index is 1.59. The minimum absolute atomic E-state index is 0.107. The lowest BCUT2D eigenvalue weighted by atomic mass is 10.1. The van der Waals surface area contributed by atoms with Crippen LogP contribution in [0.3, 0.4) is 0 Å². The van der Waals surface area contributed by atoms with Gasteiger partial charge in [-0.2, -0.15) is 5.26 Å². The molecule has 338 valence electrons. The zero-order chi connectivity index (χ0) is 44.9. The number of aliphatic hydroxyl groups excluding tert-OH is 1. The molecule has 19 nitrogen and oxygen atoms in total. The topological polar surface area (TPSA) is 252 Å². The van der Waals surface area contributed by atoms with E-state index >= 15 is 4.39 Å². The number of aromatic nitrogens is 5. The number of rotatable bonds is 22. The normalized spacial score (nSPS) is 24.9. The van der Waals surface area contributed by atoms with Gasteiger partial charge in [0.05, 0.1) is 38.6 Å². The van der Waals surface area contributed by atoms with Crippen LogP contribution >= 0.6 is 15.0 Å². The Kier molecular flexibility index (Phi) is 17.0. The fourth-order valence-electron chi connectivity index (χ4n) is 7.86. The van der Waals surface area contributed by atoms with Crippen molar-refractivity contribution in [3.8, 4) is 11.9 Å². The lowest BCUT2D eigenvalue weighted by Crippen LogP contribution is -2.62. The summed E-state index contributed by atoms with van der Waals surface area (Å²) in [4.78, 5) is 49.4. The van der Waals surface area contributed by atoms with Crippen molar-refractivity contribution in [2.24, 2.45) is 5.92 Å². The molecule has 25 heteroatoms. The van der Waals surface area contributed by atoms with Crippen LogP contribution in [-0.4, -0.2) is 107 Å². The number of halogens is 1. The van der Waals surface area contributed by atoms with Gasteiger partial charge in [-0.3, -0.25) is 9.32 Å². The summed E-state index contributed by atoms with van der Waals surface area (Å²) < 4.78 is 80.1. The van der Waals surface area contributed by atoms with Crippen LogP contribution in [0.2, 0.25) is 22.2 Å². The molecule has 3 aromatic heterocycles. The molecule has 1 unspecified atom stereocenters. The van der Waals surface area contributed by atoms with E-state index in [2.05, 4.69) is 19.9 Å². The van der Waals surface area contributed by atoms with Gasteiger partial charge < -0.3 is 46.5 Å². The Hall–Kier alpha value is -2.50. The number of nitrogens with zero attached hydrogens (tertiary/aromatic N) is 5. The summed E-state index contributed by atoms with van der Waals surface area (Å²) in [5.41, 5.74) is -1.90. The number of hydrogen-bond donors (Lipinski definition) is 4. The van der Waals surface area contributed by atoms with Crippen molar-refractivity contribution in [2.45, 2.75) is 134 Å². The highest BCUT2D eigenvalue weighted by Gasteiger charge is 2.60. The SMILES string of the molecule is CC(C)[Si](O)(O[Si](O[C@H]1[C@@H](O[P@@](=S)(OCCC#N)OC[C@H]2C[C@@H](Oc3ccncn3)C[C@@H]2O[P+](=O)O)[C@H](n2cc(F)c3c(=O)[nH]cnc32)O[C@@H]1CO)(C(C)C)C(C)C)C(C)C. The third-order valence-corrected chi connectivity index (χ3v) is 23.6. The van der Waals surface area contributed by atoms with E-state index in [-0.39, 0.29) is 65.7 Å². The van der Waals surface area contributed by atoms with Crippen LogP contribution in [0.5, 0.6) is 5.88 Å². The van der Waals surface area contributed by atoms with Gasteiger partial charge in [-0.05, 0) is 40.4 Å². The van der Waals surface area contributed by atoms with Crippen molar-refractivity contribution < 1.29 is 59.9 Å². The number of aromatic amines is 1. The van der Waals surface area contributed by atoms with Crippen LogP contribution in [0.4, 0.5) is 4.39 Å². The molecule has 0 radical (unpaired) electrons. The maximum atomic E-state index is 15.6. The molecular formula is C36H56FN6O13P2SSi2+. The van der Waals surface area contributed by atoms with Gasteiger partial charge in [0.25, 0.3) is 5.56 Å². The maximum Gasteiger partial charge on any atom is 0.695 e. The first-order valence-electron chi connectivity index (χ1n) is 20.1. The van der Waals surface area contributed by atoms with Crippen LogP contribution in [-0.2, 0) is 47.7 Å². The van der Waals surface area contributed by atoms with Crippen LogP contribution < -0.4 is 10.3 Å². The predicted molar refractivity (Wildman–Crippen MR) is 227 cm³/mol. The Labute approximate surface area is 361 Å². The molecule has 4 heterocycles. The summed E-state index contributed by atoms with van der Waals surface area (Å²) in [6, 6.07) is 3.57. The molecule has 9 atom stereocenters. The fourth-order valence-corrected chi connectivity index (χ4v) is 20.4. The molecule has 0 amide bonds. The minimum atomic E-state index is -4.05. The van der Waals surface area contributed by atoms with Crippen LogP contribution in [0.1, 0.15) is 80.9 Å². The van der Waals surface area contributed by atoms with Gasteiger partial charge in [-0.15, -0.1) is 9.42 Å². The van der Waals surface area contributed by atoms with Crippen molar-refractivity contribution in [3.05, 3.63) is 47.3 Å². The highest BCUT2D eigenvalue weighted by Crippen LogP contribution is 2.56. The largest absolute Gasteiger partial charge is 0.695 e. The number of fused-ring (bicyclic) bond motifs is 1. The molecular weight excluding hydrogens is 894 g/mol. The molecule has 2 aliphatic rings. The van der Waals surface area contributed by atoms with Gasteiger partial charge in [0, 0.05) is 35.4 Å². The molecule has 0 spiro atoms. The van der Waals surface area contributed by atoms with Crippen LogP contribution in [0.15, 0.2) is 35.9 Å². The zero-order valence-corrected chi connectivity index (χ0v) is 39.9. The Morgan fingerprint density at radius 1 is 1.11 bits per heavy atom. The van der Waals surface area contributed by atoms with E-state index in [9.17, 15) is 29.4 Å². The molecule has 61 heavy (non-hydrogen) atoms. The number of H-pyrrole nitrogens is 1. The monoisotopic (exact) mass is 949 g/mol. The van der Waals surface area contributed by atoms with E-state index in [0.29, 0.717) is 5.88 Å². The number of aliphatic hydroxyl groups is 1. The van der Waals surface area contributed by atoms with Gasteiger partial charge in [-0.25, -0.2) is 19.3 Å². The first-order chi connectivity index (χ1) is 28.8. The van der Waals surface area contributed by atoms with E-state index in [1.54, 1.807) is 6.07 Å². The number of nitriles is 1. The average molecular weight is 950 g/mol. The third kappa shape index (κ3) is 11.2. The smallest absolute Gasteiger partial charge is 0.474 e. The van der Waals surface area contributed by atoms with Gasteiger partial charge >= 0.3 is 32.1 Å². The Morgan fingerprint density at radius 3 is 2.41 bits per heavy atom. The molecule has 1 saturated carbocycles. The first kappa shape index (κ1) is 49.5. The summed E-state index contributed by atoms with van der Waals surface area (Å²) in [6.07, 6.45) is -1.17. The van der Waals surface area contributed by atoms with E-state index < -0.39 is 92.7 Å². The standard InChI is InChI=1S/C36H55FN6O13P2SSi2/c1-21(2)60(48,22(3)4)56-61(23(5)6,24(7)8)55-32-29(17-44)52-36(43-16-27(37)31-34(43)41-20-42-35(31)45)33(32)54-58(59,49-13-9-11-38)50-18-25-14-26(15-28(25)53-57(46)47)51-30-10-12-39-19-40-30/h10,12,16,19-26,28-29,32-33,36,44,48H,9,13-15,17-18H2,1-8H3,(H-,41,42,45,46,47)/p+1/t25-,26-,28+,29-,32-,33-,36-,58-/m1/s1. The number of hydrogen-bond acceptors (Lipinski definition) is 17. The predicted octanol–water partition coefficient (Wildman–Crippen LogP) is 5.91. The summed E-state index contributed by atoms with van der Waals surface area (Å²) in [5, 5.41) is 20.0. The molecule has 2 fully saturated rings. The highest BCUT2D eigenvalue weighted by molar-refractivity contribution is 8.07. The van der Waals surface area contributed by atoms with E-state index in [4.69, 9.17) is 47.9 Å². The fraction of sp³-hybridized carbons (Fsp3) is 0.694. The van der Waals surface area contributed by atoms with Crippen molar-refractivity contribution in [1.29, 1.82) is 5.26 Å². The highest BCUT2D eigenvalue weighted by atomic mass is 32.5. The lowest BCUT2D eigenvalue weighted by molar-refractivity contribution is -0.0508. The van der Waals surface area contributed by atoms with Crippen molar-refractivity contribution in [1.82, 2.24) is 24.5 Å². The third-order valence-electron chi connectivity index (χ3n) is 11.0. The van der Waals surface area contributed by atoms with Crippen molar-refractivity contribution in [2.75, 3.05) is 19.8 Å². The molecule has 1 aliphatic carbocycles. The Morgan fingerprint density at radius 2 is 1.82 bits per heavy atom. The van der Waals surface area contributed by atoms with Crippen molar-refractivity contribution >= 4 is 54.9 Å². The van der Waals surface area contributed by atoms with Crippen LogP contribution in [0.25, 0.3) is 11.0 Å². The second-order valence-electron chi connectivity index (χ2n) is 16.3. The zero-order valence-electron chi connectivity index (χ0n) is 35.3. The molecule has 0 bridgehead atoms. The average Bonchev–Trinajstić information content (AvgIpc) is 3.85. The summed E-state index contributed by atoms with van der Waals surface area (Å²) in [6.45, 7) is 10.2. The van der Waals surface area contributed by atoms with E-state index in [1.165, 1.54) is 17.1 Å². The second kappa shape index (κ2) is 21.0. The van der Waals surface area contributed by atoms with Gasteiger partial charge in [0.1, 0.15) is 42.2 Å². The molecule has 1 aliphatic heterocycles. The minimum Gasteiger partial charge on any atom is -0.474 e. The molecule has 5 rings (SSSR count). The number of ether oxygens (including phenoxy) is 2. The maximum absolute atomic E-state index is 15.6. The summed E-state index contributed by atoms with van der Waals surface area (Å²) in [7, 11) is -10.2. The van der Waals surface area contributed by atoms with Crippen LogP contribution in [0, 0.1) is 23.1 Å². The first-order valence-corrected chi connectivity index (χ1v) is 27.8. The van der Waals surface area contributed by atoms with Gasteiger partial charge in [0.2, 0.25) is 5.88 Å². The molecule has 3 aromatic rings. The molecule has 1 saturated heterocycles. The molecule has 4 N–H and O–H groups in total. The molecule has 0 aromatic carbocycles. The van der Waals surface area contributed by atoms with Crippen molar-refractivity contribution in [3.63, 3.8) is 0 Å². The van der Waals surface area contributed by atoms with E-state index in [1.807, 2.05) is 61.5 Å². The van der Waals surface area contributed by atoms with Gasteiger partial charge in [-0.1, -0.05) is 55.4 Å². The quantitative estimate of drug-likeness (QED) is 0.0519. The number of nitrogens with one attached hydrogen (secondary N) is 1. The summed E-state index contributed by atoms with van der Waals surface area (Å²) >= 11 is 6.06. The summed E-state index contributed by atoms with van der Waals surface area (Å²) in [5.74, 6) is -1.20. The van der Waals surface area contributed by atoms with E-state index in [0.717, 1.165) is 12.5 Å². The lowest BCUT2D eigenvalue weighted by Gasteiger charge is -2.47.